The van der Waals surface area contributed by atoms with E-state index in [9.17, 15) is 4.79 Å². The topological polar surface area (TPSA) is 35.5 Å². The number of carbonyl (C=O) groups excluding carboxylic acids is 1. The first-order valence-corrected chi connectivity index (χ1v) is 4.93. The number of ether oxygens (including phenoxy) is 2. The molecule has 0 aromatic heterocycles. The first-order chi connectivity index (χ1) is 6.08. The van der Waals surface area contributed by atoms with Crippen molar-refractivity contribution in [3.8, 4) is 0 Å². The highest BCUT2D eigenvalue weighted by atomic mass is 16.6. The summed E-state index contributed by atoms with van der Waals surface area (Å²) in [6, 6.07) is 0. The second kappa shape index (κ2) is 1.92. The zero-order valence-corrected chi connectivity index (χ0v) is 8.00. The summed E-state index contributed by atoms with van der Waals surface area (Å²) in [6.07, 6.45) is 2.36. The molecule has 3 nitrogen and oxygen atoms in total. The second-order valence-electron chi connectivity index (χ2n) is 4.83. The number of fused-ring (bicyclic) bond motifs is 5. The van der Waals surface area contributed by atoms with Crippen LogP contribution in [0.5, 0.6) is 0 Å². The van der Waals surface area contributed by atoms with E-state index in [0.717, 1.165) is 12.8 Å². The quantitative estimate of drug-likeness (QED) is 0.526. The Kier molecular flexibility index (Phi) is 1.15. The lowest BCUT2D eigenvalue weighted by Gasteiger charge is -2.35. The Morgan fingerprint density at radius 3 is 2.92 bits per heavy atom. The number of hydrogen-bond donors (Lipinski definition) is 0. The monoisotopic (exact) mass is 182 g/mol. The zero-order valence-electron chi connectivity index (χ0n) is 8.00. The Balaban J connectivity index is 2.13. The van der Waals surface area contributed by atoms with E-state index in [-0.39, 0.29) is 23.1 Å². The largest absolute Gasteiger partial charge is 0.465 e. The molecule has 3 heteroatoms. The molecular formula is C10H14O3. The van der Waals surface area contributed by atoms with Crippen LogP contribution >= 0.6 is 0 Å². The maximum Gasteiger partial charge on any atom is 0.315 e. The van der Waals surface area contributed by atoms with E-state index in [1.165, 1.54) is 0 Å². The van der Waals surface area contributed by atoms with Crippen LogP contribution in [0.1, 0.15) is 26.7 Å². The third-order valence-electron chi connectivity index (χ3n) is 4.42. The minimum Gasteiger partial charge on any atom is -0.465 e. The van der Waals surface area contributed by atoms with Crippen molar-refractivity contribution in [1.82, 2.24) is 0 Å². The molecule has 2 bridgehead atoms. The fourth-order valence-electron chi connectivity index (χ4n) is 3.26. The van der Waals surface area contributed by atoms with Gasteiger partial charge in [-0.1, -0.05) is 0 Å². The summed E-state index contributed by atoms with van der Waals surface area (Å²) in [6.45, 7) is 4.63. The summed E-state index contributed by atoms with van der Waals surface area (Å²) >= 11 is 0. The minimum atomic E-state index is -0.365. The molecule has 13 heavy (non-hydrogen) atoms. The standard InChI is InChI=1S/C10H14O3/c1-9-4-3-7(13-9)6-5-12-8(11)10(6,9)2/h6-7H,3-5H2,1-2H3. The molecule has 3 aliphatic heterocycles. The number of hydrogen-bond acceptors (Lipinski definition) is 3. The Bertz CT molecular complexity index is 288. The average molecular weight is 182 g/mol. The molecule has 0 N–H and O–H groups in total. The SMILES string of the molecule is CC12CCC(O1)C1COC(=O)C12C. The second-order valence-corrected chi connectivity index (χ2v) is 4.83. The van der Waals surface area contributed by atoms with Gasteiger partial charge >= 0.3 is 5.97 Å². The van der Waals surface area contributed by atoms with E-state index in [4.69, 9.17) is 9.47 Å². The van der Waals surface area contributed by atoms with Crippen molar-refractivity contribution in [2.24, 2.45) is 11.3 Å². The lowest BCUT2D eigenvalue weighted by atomic mass is 9.63. The van der Waals surface area contributed by atoms with Crippen LogP contribution in [0.3, 0.4) is 0 Å². The molecule has 4 atom stereocenters. The molecule has 72 valence electrons. The van der Waals surface area contributed by atoms with Gasteiger partial charge in [-0.05, 0) is 26.7 Å². The summed E-state index contributed by atoms with van der Waals surface area (Å²) in [5.74, 6) is 0.251. The predicted octanol–water partition coefficient (Wildman–Crippen LogP) is 1.12. The molecule has 3 aliphatic rings. The van der Waals surface area contributed by atoms with E-state index in [1.54, 1.807) is 0 Å². The normalized spacial score (nSPS) is 58.2. The third kappa shape index (κ3) is 0.622. The molecule has 0 aromatic rings. The highest BCUT2D eigenvalue weighted by Gasteiger charge is 2.71. The van der Waals surface area contributed by atoms with Gasteiger partial charge in [0.15, 0.2) is 0 Å². The van der Waals surface area contributed by atoms with Gasteiger partial charge in [0.1, 0.15) is 5.41 Å². The molecule has 3 fully saturated rings. The van der Waals surface area contributed by atoms with E-state index >= 15 is 0 Å². The zero-order chi connectivity index (χ0) is 9.27. The molecule has 3 rings (SSSR count). The first kappa shape index (κ1) is 7.80. The van der Waals surface area contributed by atoms with Crippen molar-refractivity contribution in [3.63, 3.8) is 0 Å². The number of rotatable bonds is 0. The van der Waals surface area contributed by atoms with Crippen LogP contribution < -0.4 is 0 Å². The van der Waals surface area contributed by atoms with Crippen LogP contribution in [0.15, 0.2) is 0 Å². The van der Waals surface area contributed by atoms with Crippen LogP contribution in [0.25, 0.3) is 0 Å². The van der Waals surface area contributed by atoms with E-state index in [1.807, 2.05) is 6.92 Å². The van der Waals surface area contributed by atoms with E-state index in [2.05, 4.69) is 6.92 Å². The molecule has 0 aliphatic carbocycles. The van der Waals surface area contributed by atoms with Gasteiger partial charge in [-0.3, -0.25) is 4.79 Å². The maximum atomic E-state index is 11.7. The molecule has 0 aromatic carbocycles. The summed E-state index contributed by atoms with van der Waals surface area (Å²) < 4.78 is 11.0. The first-order valence-electron chi connectivity index (χ1n) is 4.93. The molecular weight excluding hydrogens is 168 g/mol. The Labute approximate surface area is 77.4 Å². The van der Waals surface area contributed by atoms with Crippen molar-refractivity contribution in [2.45, 2.75) is 38.4 Å². The summed E-state index contributed by atoms with van der Waals surface area (Å²) in [5.41, 5.74) is -0.619. The third-order valence-corrected chi connectivity index (χ3v) is 4.42. The number of cyclic esters (lactones) is 1. The van der Waals surface area contributed by atoms with Crippen LogP contribution in [-0.4, -0.2) is 24.3 Å². The lowest BCUT2D eigenvalue weighted by molar-refractivity contribution is -0.155. The maximum absolute atomic E-state index is 11.7. The molecule has 0 radical (unpaired) electrons. The summed E-state index contributed by atoms with van der Waals surface area (Å²) in [5, 5.41) is 0. The van der Waals surface area contributed by atoms with Gasteiger partial charge in [-0.25, -0.2) is 0 Å². The molecule has 4 unspecified atom stereocenters. The smallest absolute Gasteiger partial charge is 0.315 e. The Hall–Kier alpha value is -0.570. The number of esters is 1. The van der Waals surface area contributed by atoms with Gasteiger partial charge in [-0.2, -0.15) is 0 Å². The van der Waals surface area contributed by atoms with Crippen molar-refractivity contribution in [3.05, 3.63) is 0 Å². The molecule has 3 saturated heterocycles. The van der Waals surface area contributed by atoms with Gasteiger partial charge in [0, 0.05) is 5.92 Å². The van der Waals surface area contributed by atoms with Gasteiger partial charge in [-0.15, -0.1) is 0 Å². The lowest BCUT2D eigenvalue weighted by Crippen LogP contribution is -2.47. The van der Waals surface area contributed by atoms with Crippen molar-refractivity contribution in [2.75, 3.05) is 6.61 Å². The van der Waals surface area contributed by atoms with Crippen LogP contribution in [0.2, 0.25) is 0 Å². The predicted molar refractivity (Wildman–Crippen MR) is 45.1 cm³/mol. The highest BCUT2D eigenvalue weighted by molar-refractivity contribution is 5.81. The van der Waals surface area contributed by atoms with Gasteiger partial charge in [0.2, 0.25) is 0 Å². The molecule has 0 spiro atoms. The van der Waals surface area contributed by atoms with Crippen molar-refractivity contribution >= 4 is 5.97 Å². The van der Waals surface area contributed by atoms with E-state index < -0.39 is 0 Å². The van der Waals surface area contributed by atoms with Crippen molar-refractivity contribution < 1.29 is 14.3 Å². The Morgan fingerprint density at radius 2 is 2.23 bits per heavy atom. The summed E-state index contributed by atoms with van der Waals surface area (Å²) in [7, 11) is 0. The molecule has 0 amide bonds. The van der Waals surface area contributed by atoms with Crippen LogP contribution in [0, 0.1) is 11.3 Å². The van der Waals surface area contributed by atoms with Gasteiger partial charge in [0.05, 0.1) is 18.3 Å². The average Bonchev–Trinajstić information content (AvgIpc) is 2.64. The van der Waals surface area contributed by atoms with Gasteiger partial charge < -0.3 is 9.47 Å². The fraction of sp³-hybridized carbons (Fsp3) is 0.900. The van der Waals surface area contributed by atoms with Crippen LogP contribution in [0.4, 0.5) is 0 Å². The fourth-order valence-corrected chi connectivity index (χ4v) is 3.26. The van der Waals surface area contributed by atoms with E-state index in [0.29, 0.717) is 12.5 Å². The minimum absolute atomic E-state index is 0.0535. The summed E-state index contributed by atoms with van der Waals surface area (Å²) in [4.78, 5) is 11.7. The number of carbonyl (C=O) groups is 1. The van der Waals surface area contributed by atoms with Gasteiger partial charge in [0.25, 0.3) is 0 Å². The molecule has 0 saturated carbocycles. The van der Waals surface area contributed by atoms with Crippen LogP contribution in [-0.2, 0) is 14.3 Å². The molecule has 3 heterocycles. The Morgan fingerprint density at radius 1 is 1.46 bits per heavy atom. The van der Waals surface area contributed by atoms with Crippen molar-refractivity contribution in [1.29, 1.82) is 0 Å². The highest BCUT2D eigenvalue weighted by Crippen LogP contribution is 2.61.